The van der Waals surface area contributed by atoms with Crippen LogP contribution in [0.1, 0.15) is 87.8 Å². The lowest BCUT2D eigenvalue weighted by Crippen LogP contribution is -2.34. The molecular weight excluding hydrogens is 549 g/mol. The summed E-state index contributed by atoms with van der Waals surface area (Å²) in [5, 5.41) is 4.03. The fourth-order valence-electron chi connectivity index (χ4n) is 4.94. The summed E-state index contributed by atoms with van der Waals surface area (Å²) in [6.07, 6.45) is 10.8. The SMILES string of the molecule is CCCCCCCCCCNc1ccc(/C=C/c2cc[n+](CCCCS(=O)(=O)O)c3ccccc23)c(C(F)(F)F)c1. The molecule has 0 fully saturated rings. The summed E-state index contributed by atoms with van der Waals surface area (Å²) >= 11 is 0. The maximum Gasteiger partial charge on any atom is 0.417 e. The summed E-state index contributed by atoms with van der Waals surface area (Å²) in [7, 11) is -3.99. The predicted molar refractivity (Wildman–Crippen MR) is 161 cm³/mol. The topological polar surface area (TPSA) is 70.3 Å². The van der Waals surface area contributed by atoms with Crippen molar-refractivity contribution < 1.29 is 30.7 Å². The molecule has 3 aromatic rings. The monoisotopic (exact) mass is 591 g/mol. The Bertz CT molecular complexity index is 1390. The maximum absolute atomic E-state index is 14.0. The van der Waals surface area contributed by atoms with E-state index in [2.05, 4.69) is 12.2 Å². The minimum Gasteiger partial charge on any atom is -0.385 e. The van der Waals surface area contributed by atoms with Gasteiger partial charge in [-0.05, 0) is 42.2 Å². The molecule has 0 amide bonds. The number of para-hydroxylation sites is 1. The maximum atomic E-state index is 14.0. The largest absolute Gasteiger partial charge is 0.417 e. The molecule has 0 radical (unpaired) electrons. The lowest BCUT2D eigenvalue weighted by Gasteiger charge is -2.14. The van der Waals surface area contributed by atoms with Crippen LogP contribution in [0.15, 0.2) is 54.7 Å². The molecule has 0 saturated carbocycles. The zero-order valence-corrected chi connectivity index (χ0v) is 24.6. The zero-order valence-electron chi connectivity index (χ0n) is 23.8. The molecule has 0 aliphatic heterocycles. The van der Waals surface area contributed by atoms with E-state index in [0.29, 0.717) is 31.6 Å². The predicted octanol–water partition coefficient (Wildman–Crippen LogP) is 8.54. The van der Waals surface area contributed by atoms with Crippen molar-refractivity contribution in [2.75, 3.05) is 17.6 Å². The number of unbranched alkanes of at least 4 members (excludes halogenated alkanes) is 8. The number of aromatic nitrogens is 1. The molecule has 224 valence electrons. The van der Waals surface area contributed by atoms with E-state index in [1.807, 2.05) is 41.1 Å². The summed E-state index contributed by atoms with van der Waals surface area (Å²) in [4.78, 5) is 0. The molecule has 1 aromatic heterocycles. The molecule has 0 saturated heterocycles. The molecule has 2 aromatic carbocycles. The van der Waals surface area contributed by atoms with Crippen molar-refractivity contribution in [3.63, 3.8) is 0 Å². The number of halogens is 3. The van der Waals surface area contributed by atoms with Crippen LogP contribution in [0, 0.1) is 0 Å². The van der Waals surface area contributed by atoms with Crippen molar-refractivity contribution in [2.24, 2.45) is 0 Å². The molecule has 0 bridgehead atoms. The molecule has 0 spiro atoms. The lowest BCUT2D eigenvalue weighted by molar-refractivity contribution is -0.671. The van der Waals surface area contributed by atoms with Gasteiger partial charge in [0.15, 0.2) is 6.20 Å². The molecule has 1 heterocycles. The Morgan fingerprint density at radius 1 is 0.854 bits per heavy atom. The molecule has 41 heavy (non-hydrogen) atoms. The number of hydrogen-bond donors (Lipinski definition) is 2. The molecule has 2 N–H and O–H groups in total. The number of nitrogens with zero attached hydrogens (tertiary/aromatic N) is 1. The lowest BCUT2D eigenvalue weighted by atomic mass is 10.0. The van der Waals surface area contributed by atoms with Crippen molar-refractivity contribution in [3.8, 4) is 0 Å². The molecule has 5 nitrogen and oxygen atoms in total. The van der Waals surface area contributed by atoms with Crippen LogP contribution in [0.3, 0.4) is 0 Å². The highest BCUT2D eigenvalue weighted by Gasteiger charge is 2.33. The minimum atomic E-state index is -4.49. The molecular formula is C32H42F3N2O3S+. The second-order valence-electron chi connectivity index (χ2n) is 10.5. The summed E-state index contributed by atoms with van der Waals surface area (Å²) < 4.78 is 74.8. The van der Waals surface area contributed by atoms with Crippen LogP contribution in [0.25, 0.3) is 23.1 Å². The van der Waals surface area contributed by atoms with E-state index in [1.54, 1.807) is 12.1 Å². The van der Waals surface area contributed by atoms with Gasteiger partial charge in [-0.1, -0.05) is 82.2 Å². The molecule has 0 unspecified atom stereocenters. The molecule has 0 aliphatic rings. The number of hydrogen-bond acceptors (Lipinski definition) is 3. The zero-order chi connectivity index (χ0) is 29.7. The number of fused-ring (bicyclic) bond motifs is 1. The van der Waals surface area contributed by atoms with E-state index in [-0.39, 0.29) is 11.3 Å². The van der Waals surface area contributed by atoms with Gasteiger partial charge in [0.1, 0.15) is 6.54 Å². The average molecular weight is 592 g/mol. The van der Waals surface area contributed by atoms with E-state index in [1.165, 1.54) is 50.3 Å². The van der Waals surface area contributed by atoms with E-state index >= 15 is 0 Å². The van der Waals surface area contributed by atoms with Gasteiger partial charge < -0.3 is 5.32 Å². The number of aryl methyl sites for hydroxylation is 1. The summed E-state index contributed by atoms with van der Waals surface area (Å²) in [6.45, 7) is 3.39. The summed E-state index contributed by atoms with van der Waals surface area (Å²) in [6, 6.07) is 13.8. The van der Waals surface area contributed by atoms with E-state index in [9.17, 15) is 21.6 Å². The van der Waals surface area contributed by atoms with E-state index in [0.717, 1.165) is 35.7 Å². The highest BCUT2D eigenvalue weighted by Crippen LogP contribution is 2.35. The van der Waals surface area contributed by atoms with Gasteiger partial charge in [0.2, 0.25) is 5.52 Å². The number of rotatable bonds is 17. The van der Waals surface area contributed by atoms with Crippen LogP contribution in [-0.4, -0.2) is 25.3 Å². The standard InChI is InChI=1S/C32H41F3N2O3S/c1-2-3-4-5-6-7-8-11-21-36-28-19-18-27(30(25-28)32(33,34)35)17-16-26-20-23-37(22-12-13-24-41(38,39)40)31-15-10-9-14-29(26)31/h9-10,14-20,23,25H,2-8,11-13,21-22,24H2,1H3,(H,38,39,40)/p+1. The first kappa shape index (κ1) is 32.6. The van der Waals surface area contributed by atoms with Crippen molar-refractivity contribution >= 4 is 38.9 Å². The van der Waals surface area contributed by atoms with E-state index < -0.39 is 21.9 Å². The third-order valence-corrected chi connectivity index (χ3v) is 7.98. The van der Waals surface area contributed by atoms with Crippen LogP contribution in [0.5, 0.6) is 0 Å². The van der Waals surface area contributed by atoms with Crippen LogP contribution >= 0.6 is 0 Å². The van der Waals surface area contributed by atoms with Crippen molar-refractivity contribution in [1.82, 2.24) is 0 Å². The van der Waals surface area contributed by atoms with Crippen LogP contribution in [-0.2, 0) is 22.8 Å². The highest BCUT2D eigenvalue weighted by molar-refractivity contribution is 7.85. The highest BCUT2D eigenvalue weighted by atomic mass is 32.2. The Labute approximate surface area is 242 Å². The van der Waals surface area contributed by atoms with Crippen LogP contribution in [0.2, 0.25) is 0 Å². The van der Waals surface area contributed by atoms with Gasteiger partial charge in [0, 0.05) is 30.8 Å². The Hall–Kier alpha value is -2.91. The van der Waals surface area contributed by atoms with Gasteiger partial charge in [-0.25, -0.2) is 0 Å². The van der Waals surface area contributed by atoms with Gasteiger partial charge >= 0.3 is 6.18 Å². The fraction of sp³-hybridized carbons (Fsp3) is 0.469. The van der Waals surface area contributed by atoms with Gasteiger partial charge in [0.05, 0.1) is 16.7 Å². The van der Waals surface area contributed by atoms with Crippen molar-refractivity contribution in [1.29, 1.82) is 0 Å². The average Bonchev–Trinajstić information content (AvgIpc) is 2.93. The second kappa shape index (κ2) is 15.9. The Kier molecular flexibility index (Phi) is 12.7. The third-order valence-electron chi connectivity index (χ3n) is 7.17. The number of benzene rings is 2. The Morgan fingerprint density at radius 3 is 2.24 bits per heavy atom. The van der Waals surface area contributed by atoms with Crippen molar-refractivity contribution in [3.05, 3.63) is 71.4 Å². The van der Waals surface area contributed by atoms with Gasteiger partial charge in [-0.2, -0.15) is 26.2 Å². The smallest absolute Gasteiger partial charge is 0.385 e. The minimum absolute atomic E-state index is 0.0983. The first-order valence-corrected chi connectivity index (χ1v) is 16.2. The molecule has 0 aliphatic carbocycles. The first-order valence-electron chi connectivity index (χ1n) is 14.6. The summed E-state index contributed by atoms with van der Waals surface area (Å²) in [5.74, 6) is -0.290. The Balaban J connectivity index is 1.67. The number of pyridine rings is 1. The fourth-order valence-corrected chi connectivity index (χ4v) is 5.51. The van der Waals surface area contributed by atoms with E-state index in [4.69, 9.17) is 4.55 Å². The molecule has 3 rings (SSSR count). The third kappa shape index (κ3) is 11.1. The quantitative estimate of drug-likeness (QED) is 0.0938. The van der Waals surface area contributed by atoms with Crippen LogP contribution in [0.4, 0.5) is 18.9 Å². The first-order chi connectivity index (χ1) is 19.6. The Morgan fingerprint density at radius 2 is 1.54 bits per heavy atom. The normalized spacial score (nSPS) is 12.4. The van der Waals surface area contributed by atoms with Gasteiger partial charge in [-0.15, -0.1) is 0 Å². The number of nitrogens with one attached hydrogen (secondary N) is 1. The second-order valence-corrected chi connectivity index (χ2v) is 12.1. The van der Waals surface area contributed by atoms with Crippen molar-refractivity contribution in [2.45, 2.75) is 83.9 Å². The molecule has 0 atom stereocenters. The number of anilines is 1. The van der Waals surface area contributed by atoms with Crippen LogP contribution < -0.4 is 9.88 Å². The number of alkyl halides is 3. The van der Waals surface area contributed by atoms with Gasteiger partial charge in [0.25, 0.3) is 10.1 Å². The van der Waals surface area contributed by atoms with Gasteiger partial charge in [-0.3, -0.25) is 4.55 Å². The molecule has 9 heteroatoms. The summed E-state index contributed by atoms with van der Waals surface area (Å²) in [5.41, 5.74) is 1.56.